The van der Waals surface area contributed by atoms with Gasteiger partial charge in [0.25, 0.3) is 0 Å². The smallest absolute Gasteiger partial charge is 0.119 e. The van der Waals surface area contributed by atoms with E-state index in [1.807, 2.05) is 6.07 Å². The zero-order valence-electron chi connectivity index (χ0n) is 12.2. The Labute approximate surface area is 112 Å². The summed E-state index contributed by atoms with van der Waals surface area (Å²) >= 11 is 0. The Kier molecular flexibility index (Phi) is 6.81. The Bertz CT molecular complexity index is 338. The molecule has 1 N–H and O–H groups in total. The molecule has 0 amide bonds. The Balaban J connectivity index is 2.78. The molecule has 18 heavy (non-hydrogen) atoms. The van der Waals surface area contributed by atoms with Gasteiger partial charge in [0.05, 0.1) is 7.11 Å². The average molecular weight is 249 g/mol. The van der Waals surface area contributed by atoms with Gasteiger partial charge in [-0.2, -0.15) is 0 Å². The molecule has 0 bridgehead atoms. The van der Waals surface area contributed by atoms with Gasteiger partial charge < -0.3 is 10.1 Å². The van der Waals surface area contributed by atoms with E-state index in [0.717, 1.165) is 18.2 Å². The van der Waals surface area contributed by atoms with Crippen LogP contribution in [0.2, 0.25) is 0 Å². The standard InChI is InChI=1S/C16H27NO/c1-5-10-17-16(11-13(3)6-2)14-8-7-9-15(12-14)18-4/h7-9,12-13,16-17H,5-6,10-11H2,1-4H3. The van der Waals surface area contributed by atoms with Crippen LogP contribution < -0.4 is 10.1 Å². The Morgan fingerprint density at radius 3 is 2.67 bits per heavy atom. The highest BCUT2D eigenvalue weighted by Gasteiger charge is 2.14. The summed E-state index contributed by atoms with van der Waals surface area (Å²) < 4.78 is 5.31. The van der Waals surface area contributed by atoms with E-state index in [9.17, 15) is 0 Å². The van der Waals surface area contributed by atoms with Crippen molar-refractivity contribution in [2.75, 3.05) is 13.7 Å². The molecule has 0 spiro atoms. The highest BCUT2D eigenvalue weighted by molar-refractivity contribution is 5.30. The fourth-order valence-corrected chi connectivity index (χ4v) is 2.08. The SMILES string of the molecule is CCCNC(CC(C)CC)c1cccc(OC)c1. The molecule has 0 saturated carbocycles. The number of hydrogen-bond donors (Lipinski definition) is 1. The molecule has 2 nitrogen and oxygen atoms in total. The molecule has 0 saturated heterocycles. The molecule has 0 aliphatic carbocycles. The fourth-order valence-electron chi connectivity index (χ4n) is 2.08. The quantitative estimate of drug-likeness (QED) is 0.746. The van der Waals surface area contributed by atoms with Crippen molar-refractivity contribution in [1.82, 2.24) is 5.32 Å². The van der Waals surface area contributed by atoms with Crippen molar-refractivity contribution in [3.8, 4) is 5.75 Å². The molecule has 0 aliphatic rings. The van der Waals surface area contributed by atoms with E-state index in [2.05, 4.69) is 44.3 Å². The predicted molar refractivity (Wildman–Crippen MR) is 78.1 cm³/mol. The van der Waals surface area contributed by atoms with Gasteiger partial charge in [0.1, 0.15) is 5.75 Å². The van der Waals surface area contributed by atoms with Crippen LogP contribution in [0.25, 0.3) is 0 Å². The first-order valence-corrected chi connectivity index (χ1v) is 7.08. The van der Waals surface area contributed by atoms with Crippen molar-refractivity contribution >= 4 is 0 Å². The normalized spacial score (nSPS) is 14.2. The van der Waals surface area contributed by atoms with Crippen molar-refractivity contribution in [2.45, 2.75) is 46.1 Å². The van der Waals surface area contributed by atoms with Crippen LogP contribution in [0, 0.1) is 5.92 Å². The van der Waals surface area contributed by atoms with Gasteiger partial charge in [0.2, 0.25) is 0 Å². The monoisotopic (exact) mass is 249 g/mol. The van der Waals surface area contributed by atoms with Crippen LogP contribution in [0.3, 0.4) is 0 Å². The molecule has 0 aromatic heterocycles. The van der Waals surface area contributed by atoms with Crippen LogP contribution in [-0.4, -0.2) is 13.7 Å². The second-order valence-corrected chi connectivity index (χ2v) is 5.03. The van der Waals surface area contributed by atoms with E-state index in [0.29, 0.717) is 6.04 Å². The molecule has 0 radical (unpaired) electrons. The van der Waals surface area contributed by atoms with Gasteiger partial charge in [-0.25, -0.2) is 0 Å². The molecular weight excluding hydrogens is 222 g/mol. The van der Waals surface area contributed by atoms with Crippen LogP contribution in [-0.2, 0) is 0 Å². The van der Waals surface area contributed by atoms with E-state index in [4.69, 9.17) is 4.74 Å². The van der Waals surface area contributed by atoms with E-state index < -0.39 is 0 Å². The Hall–Kier alpha value is -1.02. The number of rotatable bonds is 8. The van der Waals surface area contributed by atoms with Gasteiger partial charge in [0.15, 0.2) is 0 Å². The van der Waals surface area contributed by atoms with E-state index in [-0.39, 0.29) is 0 Å². The van der Waals surface area contributed by atoms with Gasteiger partial charge in [-0.15, -0.1) is 0 Å². The summed E-state index contributed by atoms with van der Waals surface area (Å²) in [5.74, 6) is 1.69. The van der Waals surface area contributed by atoms with Crippen LogP contribution in [0.5, 0.6) is 5.75 Å². The second kappa shape index (κ2) is 8.15. The molecule has 1 aromatic rings. The molecule has 0 fully saturated rings. The third-order valence-corrected chi connectivity index (χ3v) is 3.47. The predicted octanol–water partition coefficient (Wildman–Crippen LogP) is 4.17. The molecule has 2 heteroatoms. The molecular formula is C16H27NO. The zero-order chi connectivity index (χ0) is 13.4. The van der Waals surface area contributed by atoms with E-state index in [1.54, 1.807) is 7.11 Å². The van der Waals surface area contributed by atoms with Crippen molar-refractivity contribution in [2.24, 2.45) is 5.92 Å². The van der Waals surface area contributed by atoms with Gasteiger partial charge in [-0.3, -0.25) is 0 Å². The topological polar surface area (TPSA) is 21.3 Å². The molecule has 1 rings (SSSR count). The van der Waals surface area contributed by atoms with Gasteiger partial charge in [0, 0.05) is 6.04 Å². The summed E-state index contributed by atoms with van der Waals surface area (Å²) in [5.41, 5.74) is 1.34. The molecule has 2 unspecified atom stereocenters. The van der Waals surface area contributed by atoms with Gasteiger partial charge in [-0.1, -0.05) is 39.3 Å². The van der Waals surface area contributed by atoms with E-state index >= 15 is 0 Å². The largest absolute Gasteiger partial charge is 0.497 e. The van der Waals surface area contributed by atoms with Crippen molar-refractivity contribution in [3.05, 3.63) is 29.8 Å². The molecule has 0 heterocycles. The molecule has 1 aromatic carbocycles. The number of benzene rings is 1. The Morgan fingerprint density at radius 2 is 2.06 bits per heavy atom. The van der Waals surface area contributed by atoms with Crippen LogP contribution >= 0.6 is 0 Å². The van der Waals surface area contributed by atoms with Crippen molar-refractivity contribution < 1.29 is 4.74 Å². The van der Waals surface area contributed by atoms with Crippen molar-refractivity contribution in [1.29, 1.82) is 0 Å². The summed E-state index contributed by atoms with van der Waals surface area (Å²) in [6.45, 7) is 7.85. The van der Waals surface area contributed by atoms with Gasteiger partial charge >= 0.3 is 0 Å². The molecule has 2 atom stereocenters. The summed E-state index contributed by atoms with van der Waals surface area (Å²) in [6.07, 6.45) is 3.58. The minimum atomic E-state index is 0.440. The highest BCUT2D eigenvalue weighted by Crippen LogP contribution is 2.25. The maximum Gasteiger partial charge on any atom is 0.119 e. The maximum absolute atomic E-state index is 5.31. The molecule has 102 valence electrons. The first-order chi connectivity index (χ1) is 8.71. The fraction of sp³-hybridized carbons (Fsp3) is 0.625. The summed E-state index contributed by atoms with van der Waals surface area (Å²) in [4.78, 5) is 0. The minimum Gasteiger partial charge on any atom is -0.497 e. The average Bonchev–Trinajstić information content (AvgIpc) is 2.43. The second-order valence-electron chi connectivity index (χ2n) is 5.03. The van der Waals surface area contributed by atoms with Gasteiger partial charge in [-0.05, 0) is 43.0 Å². The minimum absolute atomic E-state index is 0.440. The lowest BCUT2D eigenvalue weighted by molar-refractivity contribution is 0.395. The lowest BCUT2D eigenvalue weighted by atomic mass is 9.94. The lowest BCUT2D eigenvalue weighted by Gasteiger charge is -2.22. The number of hydrogen-bond acceptors (Lipinski definition) is 2. The Morgan fingerprint density at radius 1 is 1.28 bits per heavy atom. The van der Waals surface area contributed by atoms with Crippen LogP contribution in [0.1, 0.15) is 51.6 Å². The molecule has 0 aliphatic heterocycles. The third-order valence-electron chi connectivity index (χ3n) is 3.47. The zero-order valence-corrected chi connectivity index (χ0v) is 12.2. The number of nitrogens with one attached hydrogen (secondary N) is 1. The first-order valence-electron chi connectivity index (χ1n) is 7.08. The highest BCUT2D eigenvalue weighted by atomic mass is 16.5. The van der Waals surface area contributed by atoms with Crippen LogP contribution in [0.4, 0.5) is 0 Å². The number of methoxy groups -OCH3 is 1. The first kappa shape index (κ1) is 15.0. The summed E-state index contributed by atoms with van der Waals surface area (Å²) in [6, 6.07) is 8.86. The number of ether oxygens (including phenoxy) is 1. The summed E-state index contributed by atoms with van der Waals surface area (Å²) in [7, 11) is 1.72. The maximum atomic E-state index is 5.31. The summed E-state index contributed by atoms with van der Waals surface area (Å²) in [5, 5.41) is 3.65. The van der Waals surface area contributed by atoms with Crippen molar-refractivity contribution in [3.63, 3.8) is 0 Å². The third kappa shape index (κ3) is 4.69. The van der Waals surface area contributed by atoms with E-state index in [1.165, 1.54) is 24.8 Å². The lowest BCUT2D eigenvalue weighted by Crippen LogP contribution is -2.24. The van der Waals surface area contributed by atoms with Crippen LogP contribution in [0.15, 0.2) is 24.3 Å².